The van der Waals surface area contributed by atoms with Gasteiger partial charge in [0.25, 0.3) is 0 Å². The van der Waals surface area contributed by atoms with E-state index in [1.165, 1.54) is 16.5 Å². The number of benzene rings is 2. The first-order valence-corrected chi connectivity index (χ1v) is 6.71. The molecule has 1 aromatic heterocycles. The third kappa shape index (κ3) is 2.80. The molecule has 0 radical (unpaired) electrons. The van der Waals surface area contributed by atoms with Gasteiger partial charge < -0.3 is 10.3 Å². The molecule has 0 atom stereocenters. The van der Waals surface area contributed by atoms with E-state index in [4.69, 9.17) is 11.6 Å². The maximum Gasteiger partial charge on any atom is 0.0457 e. The standard InChI is InChI=1S/C16H15ClN2/c17-15-4-2-1-3-14(15)11-18-10-12-5-6-13-7-8-19-16(13)9-12/h1-9,18-19H,10-11H2. The largest absolute Gasteiger partial charge is 0.361 e. The Labute approximate surface area is 117 Å². The highest BCUT2D eigenvalue weighted by atomic mass is 35.5. The number of rotatable bonds is 4. The fourth-order valence-corrected chi connectivity index (χ4v) is 2.39. The summed E-state index contributed by atoms with van der Waals surface area (Å²) in [5, 5.41) is 5.48. The Bertz CT molecular complexity index is 688. The SMILES string of the molecule is Clc1ccccc1CNCc1ccc2cc[nH]c2c1. The van der Waals surface area contributed by atoms with Gasteiger partial charge in [-0.3, -0.25) is 0 Å². The van der Waals surface area contributed by atoms with E-state index >= 15 is 0 Å². The molecular formula is C16H15ClN2. The van der Waals surface area contributed by atoms with Crippen molar-refractivity contribution in [3.63, 3.8) is 0 Å². The maximum absolute atomic E-state index is 6.12. The fourth-order valence-electron chi connectivity index (χ4n) is 2.19. The van der Waals surface area contributed by atoms with Crippen molar-refractivity contribution in [2.45, 2.75) is 13.1 Å². The predicted molar refractivity (Wildman–Crippen MR) is 80.3 cm³/mol. The summed E-state index contributed by atoms with van der Waals surface area (Å²) in [6, 6.07) is 16.5. The van der Waals surface area contributed by atoms with E-state index in [-0.39, 0.29) is 0 Å². The van der Waals surface area contributed by atoms with Crippen LogP contribution in [0.5, 0.6) is 0 Å². The topological polar surface area (TPSA) is 27.8 Å². The summed E-state index contributed by atoms with van der Waals surface area (Å²) >= 11 is 6.12. The molecule has 2 N–H and O–H groups in total. The molecule has 0 unspecified atom stereocenters. The van der Waals surface area contributed by atoms with Crippen LogP contribution in [0.3, 0.4) is 0 Å². The first kappa shape index (κ1) is 12.3. The van der Waals surface area contributed by atoms with Crippen LogP contribution in [0.2, 0.25) is 5.02 Å². The molecule has 0 aliphatic rings. The third-order valence-electron chi connectivity index (χ3n) is 3.22. The lowest BCUT2D eigenvalue weighted by Crippen LogP contribution is -2.12. The Morgan fingerprint density at radius 2 is 1.89 bits per heavy atom. The molecule has 0 fully saturated rings. The molecule has 19 heavy (non-hydrogen) atoms. The highest BCUT2D eigenvalue weighted by molar-refractivity contribution is 6.31. The minimum Gasteiger partial charge on any atom is -0.361 e. The zero-order valence-corrected chi connectivity index (χ0v) is 11.2. The van der Waals surface area contributed by atoms with Crippen LogP contribution in [-0.2, 0) is 13.1 Å². The number of hydrogen-bond acceptors (Lipinski definition) is 1. The van der Waals surface area contributed by atoms with Crippen LogP contribution in [0.4, 0.5) is 0 Å². The highest BCUT2D eigenvalue weighted by Crippen LogP contribution is 2.16. The minimum atomic E-state index is 0.780. The Kier molecular flexibility index (Phi) is 3.53. The lowest BCUT2D eigenvalue weighted by atomic mass is 10.1. The number of aromatic nitrogens is 1. The summed E-state index contributed by atoms with van der Waals surface area (Å²) in [5.41, 5.74) is 3.57. The number of H-pyrrole nitrogens is 1. The van der Waals surface area contributed by atoms with Crippen LogP contribution in [0.15, 0.2) is 54.7 Å². The fraction of sp³-hybridized carbons (Fsp3) is 0.125. The molecule has 0 amide bonds. The second kappa shape index (κ2) is 5.47. The second-order valence-electron chi connectivity index (χ2n) is 4.59. The minimum absolute atomic E-state index is 0.780. The van der Waals surface area contributed by atoms with E-state index in [9.17, 15) is 0 Å². The zero-order valence-electron chi connectivity index (χ0n) is 10.5. The first-order chi connectivity index (χ1) is 9.33. The Hall–Kier alpha value is -1.77. The smallest absolute Gasteiger partial charge is 0.0457 e. The van der Waals surface area contributed by atoms with Crippen molar-refractivity contribution in [1.82, 2.24) is 10.3 Å². The lowest BCUT2D eigenvalue weighted by Gasteiger charge is -2.07. The summed E-state index contributed by atoms with van der Waals surface area (Å²) < 4.78 is 0. The molecule has 3 rings (SSSR count). The van der Waals surface area contributed by atoms with Gasteiger partial charge in [-0.2, -0.15) is 0 Å². The zero-order chi connectivity index (χ0) is 13.1. The van der Waals surface area contributed by atoms with Gasteiger partial charge in [-0.25, -0.2) is 0 Å². The maximum atomic E-state index is 6.12. The summed E-state index contributed by atoms with van der Waals surface area (Å²) in [6.07, 6.45) is 1.96. The van der Waals surface area contributed by atoms with Crippen LogP contribution in [-0.4, -0.2) is 4.98 Å². The molecule has 0 saturated carbocycles. The summed E-state index contributed by atoms with van der Waals surface area (Å²) in [7, 11) is 0. The quantitative estimate of drug-likeness (QED) is 0.734. The number of halogens is 1. The van der Waals surface area contributed by atoms with E-state index in [1.807, 2.05) is 30.5 Å². The van der Waals surface area contributed by atoms with Crippen LogP contribution < -0.4 is 5.32 Å². The van der Waals surface area contributed by atoms with Gasteiger partial charge in [0.1, 0.15) is 0 Å². The van der Waals surface area contributed by atoms with Gasteiger partial charge >= 0.3 is 0 Å². The van der Waals surface area contributed by atoms with Crippen LogP contribution in [0, 0.1) is 0 Å². The van der Waals surface area contributed by atoms with Gasteiger partial charge in [-0.05, 0) is 34.7 Å². The second-order valence-corrected chi connectivity index (χ2v) is 5.00. The monoisotopic (exact) mass is 270 g/mol. The molecule has 3 aromatic rings. The van der Waals surface area contributed by atoms with Crippen molar-refractivity contribution >= 4 is 22.5 Å². The van der Waals surface area contributed by atoms with Crippen LogP contribution >= 0.6 is 11.6 Å². The first-order valence-electron chi connectivity index (χ1n) is 6.33. The predicted octanol–water partition coefficient (Wildman–Crippen LogP) is 4.11. The average molecular weight is 271 g/mol. The molecule has 3 heteroatoms. The molecule has 0 aliphatic heterocycles. The van der Waals surface area contributed by atoms with Gasteiger partial charge in [0, 0.05) is 29.8 Å². The van der Waals surface area contributed by atoms with Crippen molar-refractivity contribution < 1.29 is 0 Å². The van der Waals surface area contributed by atoms with Crippen molar-refractivity contribution in [2.24, 2.45) is 0 Å². The van der Waals surface area contributed by atoms with Gasteiger partial charge in [-0.1, -0.05) is 41.9 Å². The molecule has 0 aliphatic carbocycles. The molecule has 2 nitrogen and oxygen atoms in total. The summed E-state index contributed by atoms with van der Waals surface area (Å²) in [6.45, 7) is 1.61. The molecule has 0 saturated heterocycles. The molecule has 96 valence electrons. The highest BCUT2D eigenvalue weighted by Gasteiger charge is 2.00. The molecular weight excluding hydrogens is 256 g/mol. The average Bonchev–Trinajstić information content (AvgIpc) is 2.88. The van der Waals surface area contributed by atoms with E-state index in [0.29, 0.717) is 0 Å². The summed E-state index contributed by atoms with van der Waals surface area (Å²) in [4.78, 5) is 3.23. The Balaban J connectivity index is 1.64. The van der Waals surface area contributed by atoms with Crippen LogP contribution in [0.1, 0.15) is 11.1 Å². The van der Waals surface area contributed by atoms with E-state index in [2.05, 4.69) is 34.6 Å². The van der Waals surface area contributed by atoms with Crippen molar-refractivity contribution in [1.29, 1.82) is 0 Å². The van der Waals surface area contributed by atoms with Gasteiger partial charge in [0.2, 0.25) is 0 Å². The van der Waals surface area contributed by atoms with Gasteiger partial charge in [0.05, 0.1) is 0 Å². The molecule has 2 aromatic carbocycles. The van der Waals surface area contributed by atoms with E-state index in [0.717, 1.165) is 23.7 Å². The number of aromatic amines is 1. The summed E-state index contributed by atoms with van der Waals surface area (Å²) in [5.74, 6) is 0. The Morgan fingerprint density at radius 1 is 1.00 bits per heavy atom. The molecule has 0 spiro atoms. The van der Waals surface area contributed by atoms with Gasteiger partial charge in [0.15, 0.2) is 0 Å². The number of fused-ring (bicyclic) bond motifs is 1. The van der Waals surface area contributed by atoms with Crippen molar-refractivity contribution in [3.05, 3.63) is 70.9 Å². The normalized spacial score (nSPS) is 11.0. The van der Waals surface area contributed by atoms with Gasteiger partial charge in [-0.15, -0.1) is 0 Å². The van der Waals surface area contributed by atoms with Crippen LogP contribution in [0.25, 0.3) is 10.9 Å². The lowest BCUT2D eigenvalue weighted by molar-refractivity contribution is 0.694. The van der Waals surface area contributed by atoms with E-state index in [1.54, 1.807) is 0 Å². The molecule has 0 bridgehead atoms. The molecule has 1 heterocycles. The van der Waals surface area contributed by atoms with E-state index < -0.39 is 0 Å². The van der Waals surface area contributed by atoms with Crippen molar-refractivity contribution in [3.8, 4) is 0 Å². The Morgan fingerprint density at radius 3 is 2.79 bits per heavy atom. The van der Waals surface area contributed by atoms with Crippen molar-refractivity contribution in [2.75, 3.05) is 0 Å². The third-order valence-corrected chi connectivity index (χ3v) is 3.59. The number of nitrogens with one attached hydrogen (secondary N) is 2. The number of hydrogen-bond donors (Lipinski definition) is 2.